The minimum atomic E-state index is -3.48. The summed E-state index contributed by atoms with van der Waals surface area (Å²) in [5, 5.41) is 9.37. The van der Waals surface area contributed by atoms with Crippen molar-refractivity contribution in [2.24, 2.45) is 5.92 Å². The third-order valence-electron chi connectivity index (χ3n) is 3.01. The Morgan fingerprint density at radius 3 is 1.94 bits per heavy atom. The highest BCUT2D eigenvalue weighted by atomic mass is 32.2. The molecule has 1 rings (SSSR count). The van der Waals surface area contributed by atoms with Crippen LogP contribution in [0.2, 0.25) is 0 Å². The predicted molar refractivity (Wildman–Crippen MR) is 71.7 cm³/mol. The van der Waals surface area contributed by atoms with Crippen LogP contribution >= 0.6 is 0 Å². The Hall–Kier alpha value is -0.910. The summed E-state index contributed by atoms with van der Waals surface area (Å²) in [6.07, 6.45) is -0.593. The maximum atomic E-state index is 12.1. The van der Waals surface area contributed by atoms with Gasteiger partial charge in [0, 0.05) is 6.04 Å². The van der Waals surface area contributed by atoms with Crippen LogP contribution in [0.25, 0.3) is 0 Å². The zero-order chi connectivity index (χ0) is 13.9. The molecular weight excluding hydrogens is 250 g/mol. The van der Waals surface area contributed by atoms with Gasteiger partial charge in [-0.05, 0) is 37.5 Å². The van der Waals surface area contributed by atoms with E-state index in [4.69, 9.17) is 0 Å². The summed E-state index contributed by atoms with van der Waals surface area (Å²) in [5.74, 6) is 0.233. The first-order chi connectivity index (χ1) is 8.24. The predicted octanol–water partition coefficient (Wildman–Crippen LogP) is 2.06. The first kappa shape index (κ1) is 15.1. The van der Waals surface area contributed by atoms with Gasteiger partial charge in [-0.3, -0.25) is 0 Å². The van der Waals surface area contributed by atoms with Crippen LogP contribution in [0.5, 0.6) is 0 Å². The van der Waals surface area contributed by atoms with Gasteiger partial charge in [-0.2, -0.15) is 0 Å². The van der Waals surface area contributed by atoms with Gasteiger partial charge >= 0.3 is 0 Å². The second kappa shape index (κ2) is 5.82. The Labute approximate surface area is 109 Å². The number of aliphatic hydroxyl groups is 1. The molecule has 0 fully saturated rings. The number of nitrogens with one attached hydrogen (secondary N) is 1. The minimum Gasteiger partial charge on any atom is -0.389 e. The van der Waals surface area contributed by atoms with Gasteiger partial charge in [-0.1, -0.05) is 26.0 Å². The summed E-state index contributed by atoms with van der Waals surface area (Å²) < 4.78 is 26.7. The number of benzene rings is 1. The average Bonchev–Trinajstić information content (AvgIpc) is 2.28. The molecule has 4 nitrogen and oxygen atoms in total. The summed E-state index contributed by atoms with van der Waals surface area (Å²) in [7, 11) is -3.48. The van der Waals surface area contributed by atoms with Crippen LogP contribution in [0.3, 0.4) is 0 Å². The Morgan fingerprint density at radius 1 is 1.06 bits per heavy atom. The van der Waals surface area contributed by atoms with Gasteiger partial charge in [0.1, 0.15) is 0 Å². The Bertz CT molecular complexity index is 477. The molecule has 1 aromatic carbocycles. The maximum Gasteiger partial charge on any atom is 0.240 e. The highest BCUT2D eigenvalue weighted by Gasteiger charge is 2.19. The average molecular weight is 271 g/mol. The van der Waals surface area contributed by atoms with E-state index in [2.05, 4.69) is 4.72 Å². The Balaban J connectivity index is 2.92. The minimum absolute atomic E-state index is 0.119. The fraction of sp³-hybridized carbons (Fsp3) is 0.538. The lowest BCUT2D eigenvalue weighted by molar-refractivity contribution is 0.199. The fourth-order valence-corrected chi connectivity index (χ4v) is 2.77. The van der Waals surface area contributed by atoms with Crippen molar-refractivity contribution in [2.75, 3.05) is 0 Å². The van der Waals surface area contributed by atoms with Crippen molar-refractivity contribution in [1.82, 2.24) is 4.72 Å². The smallest absolute Gasteiger partial charge is 0.240 e. The normalized spacial score (nSPS) is 15.7. The molecular formula is C13H21NO3S. The third-order valence-corrected chi connectivity index (χ3v) is 4.59. The lowest BCUT2D eigenvalue weighted by Gasteiger charge is -2.17. The molecule has 0 saturated heterocycles. The zero-order valence-electron chi connectivity index (χ0n) is 11.2. The molecule has 2 unspecified atom stereocenters. The van der Waals surface area contributed by atoms with Crippen molar-refractivity contribution >= 4 is 10.0 Å². The van der Waals surface area contributed by atoms with Crippen LogP contribution in [-0.2, 0) is 10.0 Å². The van der Waals surface area contributed by atoms with E-state index in [1.54, 1.807) is 19.1 Å². The van der Waals surface area contributed by atoms with Crippen LogP contribution in [-0.4, -0.2) is 19.6 Å². The molecule has 102 valence electrons. The Kier molecular flexibility index (Phi) is 4.90. The van der Waals surface area contributed by atoms with Gasteiger partial charge < -0.3 is 5.11 Å². The van der Waals surface area contributed by atoms with E-state index in [0.717, 1.165) is 0 Å². The largest absolute Gasteiger partial charge is 0.389 e. The lowest BCUT2D eigenvalue weighted by Crippen LogP contribution is -2.36. The standard InChI is InChI=1S/C13H21NO3S/c1-9(2)10(3)14-18(16,17)13-7-5-12(6-8-13)11(4)15/h5-11,14-15H,1-4H3. The van der Waals surface area contributed by atoms with E-state index >= 15 is 0 Å². The highest BCUT2D eigenvalue weighted by Crippen LogP contribution is 2.16. The monoisotopic (exact) mass is 271 g/mol. The molecule has 0 aromatic heterocycles. The molecule has 0 aliphatic heterocycles. The lowest BCUT2D eigenvalue weighted by atomic mass is 10.1. The number of aliphatic hydroxyl groups excluding tert-OH is 1. The third kappa shape index (κ3) is 3.80. The molecule has 0 aliphatic rings. The molecule has 2 N–H and O–H groups in total. The van der Waals surface area contributed by atoms with Crippen LogP contribution in [0.15, 0.2) is 29.2 Å². The van der Waals surface area contributed by atoms with Gasteiger partial charge in [0.15, 0.2) is 0 Å². The van der Waals surface area contributed by atoms with Gasteiger partial charge in [0.25, 0.3) is 0 Å². The molecule has 0 bridgehead atoms. The molecule has 0 radical (unpaired) electrons. The van der Waals surface area contributed by atoms with Gasteiger partial charge in [0.2, 0.25) is 10.0 Å². The van der Waals surface area contributed by atoms with Gasteiger partial charge in [-0.25, -0.2) is 13.1 Å². The molecule has 5 heteroatoms. The van der Waals surface area contributed by atoms with Crippen LogP contribution in [0.1, 0.15) is 39.4 Å². The van der Waals surface area contributed by atoms with Crippen molar-refractivity contribution in [2.45, 2.75) is 44.7 Å². The summed E-state index contributed by atoms with van der Waals surface area (Å²) >= 11 is 0. The fourth-order valence-electron chi connectivity index (χ4n) is 1.37. The number of rotatable bonds is 5. The van der Waals surface area contributed by atoms with Crippen LogP contribution in [0.4, 0.5) is 0 Å². The molecule has 0 heterocycles. The number of hydrogen-bond acceptors (Lipinski definition) is 3. The SMILES string of the molecule is CC(O)c1ccc(S(=O)(=O)NC(C)C(C)C)cc1. The number of hydrogen-bond donors (Lipinski definition) is 2. The van der Waals surface area contributed by atoms with Crippen molar-refractivity contribution in [3.05, 3.63) is 29.8 Å². The van der Waals surface area contributed by atoms with Gasteiger partial charge in [-0.15, -0.1) is 0 Å². The van der Waals surface area contributed by atoms with Crippen molar-refractivity contribution in [3.63, 3.8) is 0 Å². The van der Waals surface area contributed by atoms with E-state index < -0.39 is 16.1 Å². The molecule has 0 saturated carbocycles. The topological polar surface area (TPSA) is 66.4 Å². The van der Waals surface area contributed by atoms with Crippen molar-refractivity contribution in [1.29, 1.82) is 0 Å². The summed E-state index contributed by atoms with van der Waals surface area (Å²) in [5.41, 5.74) is 0.700. The second-order valence-corrected chi connectivity index (χ2v) is 6.61. The van der Waals surface area contributed by atoms with Crippen LogP contribution in [0, 0.1) is 5.92 Å². The first-order valence-electron chi connectivity index (χ1n) is 6.04. The molecule has 0 spiro atoms. The highest BCUT2D eigenvalue weighted by molar-refractivity contribution is 7.89. The molecule has 0 aliphatic carbocycles. The van der Waals surface area contributed by atoms with Crippen LogP contribution < -0.4 is 4.72 Å². The van der Waals surface area contributed by atoms with E-state index in [9.17, 15) is 13.5 Å². The molecule has 1 aromatic rings. The van der Waals surface area contributed by atoms with Crippen molar-refractivity contribution in [3.8, 4) is 0 Å². The number of sulfonamides is 1. The summed E-state index contributed by atoms with van der Waals surface area (Å²) in [6, 6.07) is 6.15. The van der Waals surface area contributed by atoms with E-state index in [1.807, 2.05) is 20.8 Å². The maximum absolute atomic E-state index is 12.1. The van der Waals surface area contributed by atoms with Gasteiger partial charge in [0.05, 0.1) is 11.0 Å². The second-order valence-electron chi connectivity index (χ2n) is 4.90. The van der Waals surface area contributed by atoms with E-state index in [-0.39, 0.29) is 16.9 Å². The quantitative estimate of drug-likeness (QED) is 0.861. The first-order valence-corrected chi connectivity index (χ1v) is 7.52. The van der Waals surface area contributed by atoms with E-state index in [1.165, 1.54) is 12.1 Å². The van der Waals surface area contributed by atoms with E-state index in [0.29, 0.717) is 5.56 Å². The Morgan fingerprint density at radius 2 is 1.56 bits per heavy atom. The molecule has 18 heavy (non-hydrogen) atoms. The van der Waals surface area contributed by atoms with Crippen molar-refractivity contribution < 1.29 is 13.5 Å². The summed E-state index contributed by atoms with van der Waals surface area (Å²) in [6.45, 7) is 7.41. The zero-order valence-corrected chi connectivity index (χ0v) is 12.0. The molecule has 2 atom stereocenters. The summed E-state index contributed by atoms with van der Waals surface area (Å²) in [4.78, 5) is 0.222. The molecule has 0 amide bonds.